The largest absolute Gasteiger partial charge is 0.490 e. The maximum absolute atomic E-state index is 12.8. The fourth-order valence-electron chi connectivity index (χ4n) is 2.86. The number of nitrogens with zero attached hydrogens (tertiary/aromatic N) is 1. The van der Waals surface area contributed by atoms with Crippen LogP contribution in [0.5, 0.6) is 11.5 Å². The Labute approximate surface area is 178 Å². The molecule has 30 heavy (non-hydrogen) atoms. The zero-order valence-electron chi connectivity index (χ0n) is 16.6. The van der Waals surface area contributed by atoms with E-state index in [2.05, 4.69) is 0 Å². The standard InChI is InChI=1S/C22H21NO6S/c1-3-28-18-12-15(7-8-17(18)29-10-9-20(24)25)13-19-21(26)23(22(27)30-19)16-6-4-5-14(2)11-16/h4-8,11-13H,3,9-10H2,1-2H3,(H,24,25)/b19-13+. The summed E-state index contributed by atoms with van der Waals surface area (Å²) in [4.78, 5) is 37.4. The molecule has 0 unspecified atom stereocenters. The van der Waals surface area contributed by atoms with Gasteiger partial charge in [0.2, 0.25) is 0 Å². The van der Waals surface area contributed by atoms with E-state index in [-0.39, 0.29) is 24.2 Å². The molecule has 2 amide bonds. The molecule has 1 aliphatic heterocycles. The summed E-state index contributed by atoms with van der Waals surface area (Å²) in [5.74, 6) is -0.470. The van der Waals surface area contributed by atoms with E-state index in [0.717, 1.165) is 22.2 Å². The van der Waals surface area contributed by atoms with Crippen LogP contribution in [-0.4, -0.2) is 35.4 Å². The van der Waals surface area contributed by atoms with Crippen molar-refractivity contribution in [3.05, 3.63) is 58.5 Å². The Balaban J connectivity index is 1.83. The Morgan fingerprint density at radius 3 is 2.63 bits per heavy atom. The van der Waals surface area contributed by atoms with Gasteiger partial charge in [-0.05, 0) is 67.1 Å². The number of aliphatic carboxylic acids is 1. The van der Waals surface area contributed by atoms with Crippen molar-refractivity contribution in [1.82, 2.24) is 0 Å². The third kappa shape index (κ3) is 5.01. The minimum Gasteiger partial charge on any atom is -0.490 e. The van der Waals surface area contributed by atoms with Crippen LogP contribution in [0.15, 0.2) is 47.4 Å². The number of thioether (sulfide) groups is 1. The van der Waals surface area contributed by atoms with E-state index >= 15 is 0 Å². The molecule has 0 atom stereocenters. The second-order valence-electron chi connectivity index (χ2n) is 6.49. The summed E-state index contributed by atoms with van der Waals surface area (Å²) in [5.41, 5.74) is 2.16. The monoisotopic (exact) mass is 427 g/mol. The normalized spacial score (nSPS) is 15.0. The topological polar surface area (TPSA) is 93.1 Å². The molecule has 1 heterocycles. The molecular formula is C22H21NO6S. The molecule has 0 aliphatic carbocycles. The second kappa shape index (κ2) is 9.49. The summed E-state index contributed by atoms with van der Waals surface area (Å²) in [6.07, 6.45) is 1.50. The van der Waals surface area contributed by atoms with Crippen molar-refractivity contribution in [1.29, 1.82) is 0 Å². The van der Waals surface area contributed by atoms with Crippen molar-refractivity contribution < 1.29 is 29.0 Å². The number of ether oxygens (including phenoxy) is 2. The number of imide groups is 1. The number of hydrogen-bond donors (Lipinski definition) is 1. The molecule has 0 bridgehead atoms. The van der Waals surface area contributed by atoms with Crippen molar-refractivity contribution in [3.8, 4) is 11.5 Å². The van der Waals surface area contributed by atoms with E-state index in [1.165, 1.54) is 0 Å². The molecule has 7 nitrogen and oxygen atoms in total. The molecule has 1 aliphatic rings. The van der Waals surface area contributed by atoms with Gasteiger partial charge >= 0.3 is 5.97 Å². The highest BCUT2D eigenvalue weighted by Gasteiger charge is 2.36. The predicted molar refractivity (Wildman–Crippen MR) is 115 cm³/mol. The van der Waals surface area contributed by atoms with Gasteiger partial charge in [0, 0.05) is 0 Å². The number of rotatable bonds is 8. The minimum atomic E-state index is -0.950. The summed E-state index contributed by atoms with van der Waals surface area (Å²) < 4.78 is 11.1. The second-order valence-corrected chi connectivity index (χ2v) is 7.48. The van der Waals surface area contributed by atoms with Gasteiger partial charge in [-0.3, -0.25) is 14.4 Å². The van der Waals surface area contributed by atoms with Crippen LogP contribution >= 0.6 is 11.8 Å². The number of carbonyl (C=O) groups is 3. The van der Waals surface area contributed by atoms with Crippen LogP contribution in [0.2, 0.25) is 0 Å². The van der Waals surface area contributed by atoms with Crippen LogP contribution in [-0.2, 0) is 9.59 Å². The molecular weight excluding hydrogens is 406 g/mol. The summed E-state index contributed by atoms with van der Waals surface area (Å²) in [5, 5.41) is 8.40. The van der Waals surface area contributed by atoms with E-state index in [4.69, 9.17) is 14.6 Å². The zero-order chi connectivity index (χ0) is 21.7. The highest BCUT2D eigenvalue weighted by Crippen LogP contribution is 2.37. The van der Waals surface area contributed by atoms with Gasteiger partial charge in [-0.15, -0.1) is 0 Å². The number of carboxylic acid groups (broad SMARTS) is 1. The maximum Gasteiger partial charge on any atom is 0.306 e. The first-order valence-electron chi connectivity index (χ1n) is 9.35. The molecule has 1 fully saturated rings. The van der Waals surface area contributed by atoms with Gasteiger partial charge in [-0.25, -0.2) is 4.90 Å². The smallest absolute Gasteiger partial charge is 0.306 e. The highest BCUT2D eigenvalue weighted by molar-refractivity contribution is 8.19. The molecule has 1 N–H and O–H groups in total. The number of benzene rings is 2. The summed E-state index contributed by atoms with van der Waals surface area (Å²) in [7, 11) is 0. The average molecular weight is 427 g/mol. The van der Waals surface area contributed by atoms with Gasteiger partial charge in [-0.2, -0.15) is 0 Å². The lowest BCUT2D eigenvalue weighted by Crippen LogP contribution is -2.27. The first-order valence-corrected chi connectivity index (χ1v) is 10.2. The van der Waals surface area contributed by atoms with E-state index in [9.17, 15) is 14.4 Å². The third-order valence-corrected chi connectivity index (χ3v) is 5.06. The number of aryl methyl sites for hydroxylation is 1. The number of carbonyl (C=O) groups excluding carboxylic acids is 2. The Hall–Kier alpha value is -3.26. The van der Waals surface area contributed by atoms with Crippen molar-refractivity contribution in [2.45, 2.75) is 20.3 Å². The number of amides is 2. The third-order valence-electron chi connectivity index (χ3n) is 4.19. The Bertz CT molecular complexity index is 1020. The van der Waals surface area contributed by atoms with E-state index < -0.39 is 5.97 Å². The molecule has 0 spiro atoms. The van der Waals surface area contributed by atoms with Crippen molar-refractivity contribution in [2.75, 3.05) is 18.1 Å². The van der Waals surface area contributed by atoms with Crippen LogP contribution in [0.25, 0.3) is 6.08 Å². The summed E-state index contributed by atoms with van der Waals surface area (Å²) >= 11 is 0.879. The molecule has 3 rings (SSSR count). The van der Waals surface area contributed by atoms with Crippen LogP contribution in [0, 0.1) is 6.92 Å². The predicted octanol–water partition coefficient (Wildman–Crippen LogP) is 4.49. The van der Waals surface area contributed by atoms with Crippen LogP contribution < -0.4 is 14.4 Å². The van der Waals surface area contributed by atoms with E-state index in [1.807, 2.05) is 19.9 Å². The molecule has 156 valence electrons. The molecule has 2 aromatic rings. The molecule has 1 saturated heterocycles. The fraction of sp³-hybridized carbons (Fsp3) is 0.227. The summed E-state index contributed by atoms with van der Waals surface area (Å²) in [6, 6.07) is 12.3. The first-order chi connectivity index (χ1) is 14.4. The molecule has 0 radical (unpaired) electrons. The number of anilines is 1. The lowest BCUT2D eigenvalue weighted by molar-refractivity contribution is -0.137. The zero-order valence-corrected chi connectivity index (χ0v) is 17.4. The lowest BCUT2D eigenvalue weighted by Gasteiger charge is -2.13. The van der Waals surface area contributed by atoms with Crippen LogP contribution in [0.4, 0.5) is 10.5 Å². The molecule has 2 aromatic carbocycles. The van der Waals surface area contributed by atoms with Gasteiger partial charge in [0.25, 0.3) is 11.1 Å². The number of carboxylic acids is 1. The SMILES string of the molecule is CCOc1cc(/C=C2/SC(=O)N(c3cccc(C)c3)C2=O)ccc1OCCC(=O)O. The summed E-state index contributed by atoms with van der Waals surface area (Å²) in [6.45, 7) is 4.13. The Kier molecular flexibility index (Phi) is 6.79. The highest BCUT2D eigenvalue weighted by atomic mass is 32.2. The van der Waals surface area contributed by atoms with Crippen molar-refractivity contribution >= 4 is 40.6 Å². The van der Waals surface area contributed by atoms with Crippen molar-refractivity contribution in [2.24, 2.45) is 0 Å². The van der Waals surface area contributed by atoms with Gasteiger partial charge in [0.15, 0.2) is 11.5 Å². The van der Waals surface area contributed by atoms with Crippen LogP contribution in [0.3, 0.4) is 0 Å². The fourth-order valence-corrected chi connectivity index (χ4v) is 3.70. The van der Waals surface area contributed by atoms with Crippen LogP contribution in [0.1, 0.15) is 24.5 Å². The number of hydrogen-bond acceptors (Lipinski definition) is 6. The first kappa shape index (κ1) is 21.4. The van der Waals surface area contributed by atoms with Gasteiger partial charge in [0.05, 0.1) is 30.2 Å². The maximum atomic E-state index is 12.8. The van der Waals surface area contributed by atoms with Gasteiger partial charge in [0.1, 0.15) is 0 Å². The lowest BCUT2D eigenvalue weighted by atomic mass is 10.1. The van der Waals surface area contributed by atoms with E-state index in [0.29, 0.717) is 34.3 Å². The minimum absolute atomic E-state index is 0.0180. The molecule has 0 aromatic heterocycles. The Morgan fingerprint density at radius 2 is 1.93 bits per heavy atom. The quantitative estimate of drug-likeness (QED) is 0.621. The van der Waals surface area contributed by atoms with Gasteiger partial charge < -0.3 is 14.6 Å². The molecule has 8 heteroatoms. The molecule has 0 saturated carbocycles. The average Bonchev–Trinajstić information content (AvgIpc) is 2.96. The van der Waals surface area contributed by atoms with E-state index in [1.54, 1.807) is 42.5 Å². The van der Waals surface area contributed by atoms with Gasteiger partial charge in [-0.1, -0.05) is 18.2 Å². The Morgan fingerprint density at radius 1 is 1.13 bits per heavy atom. The van der Waals surface area contributed by atoms with Crippen molar-refractivity contribution in [3.63, 3.8) is 0 Å².